The molecule has 0 heteroatoms. The summed E-state index contributed by atoms with van der Waals surface area (Å²) in [5.41, 5.74) is 4.16. The Morgan fingerprint density at radius 3 is 2.31 bits per heavy atom. The van der Waals surface area contributed by atoms with Crippen LogP contribution >= 0.6 is 0 Å². The van der Waals surface area contributed by atoms with Crippen LogP contribution in [0.4, 0.5) is 0 Å². The molecule has 2 aliphatic rings. The van der Waals surface area contributed by atoms with Gasteiger partial charge in [-0.05, 0) is 98.4 Å². The molecule has 0 heterocycles. The topological polar surface area (TPSA) is 0 Å². The van der Waals surface area contributed by atoms with Crippen LogP contribution < -0.4 is 0 Å². The van der Waals surface area contributed by atoms with E-state index >= 15 is 0 Å². The Hall–Kier alpha value is -1.04. The van der Waals surface area contributed by atoms with E-state index in [1.807, 2.05) is 6.92 Å². The molecule has 2 saturated carbocycles. The van der Waals surface area contributed by atoms with Crippen LogP contribution in [0.25, 0.3) is 0 Å². The Labute approximate surface area is 223 Å². The van der Waals surface area contributed by atoms with Crippen LogP contribution in [-0.2, 0) is 0 Å². The summed E-state index contributed by atoms with van der Waals surface area (Å²) >= 11 is 0. The van der Waals surface area contributed by atoms with Crippen LogP contribution in [0.2, 0.25) is 0 Å². The van der Waals surface area contributed by atoms with E-state index in [0.717, 1.165) is 30.1 Å². The summed E-state index contributed by atoms with van der Waals surface area (Å²) in [5.74, 6) is 3.47. The maximum absolute atomic E-state index is 4.11. The first-order valence-electron chi connectivity index (χ1n) is 14.1. The van der Waals surface area contributed by atoms with Gasteiger partial charge in [0.1, 0.15) is 0 Å². The molecule has 4 atom stereocenters. The average molecular weight is 487 g/mol. The molecule has 0 radical (unpaired) electrons. The monoisotopic (exact) mass is 487 g/mol. The molecule has 2 rings (SSSR count). The molecule has 2 fully saturated rings. The van der Waals surface area contributed by atoms with E-state index in [1.165, 1.54) is 69.8 Å². The maximum Gasteiger partial charge on any atom is -0.0143 e. The highest BCUT2D eigenvalue weighted by Crippen LogP contribution is 2.58. The zero-order chi connectivity index (χ0) is 25.1. The molecule has 4 unspecified atom stereocenters. The summed E-state index contributed by atoms with van der Waals surface area (Å²) in [6, 6.07) is 0. The van der Waals surface area contributed by atoms with E-state index in [1.54, 1.807) is 11.6 Å². The lowest BCUT2D eigenvalue weighted by Crippen LogP contribution is -2.33. The highest BCUT2D eigenvalue weighted by Gasteiger charge is 2.48. The molecule has 2 aliphatic carbocycles. The zero-order valence-electron chi connectivity index (χ0n) is 23.8. The standard InChI is InChI=1S/C30H52.C3H6.2CH4/c1-9-25(20-22-29(6,7)10-2)16-17-26-14-12-21-30(8)27(18-19-28(26)30)15-11-13-24(5)23(3)4;1-3-2;;/h9,16-17,23-24,27-28H,1,10-15,18-22H2,2-8H3;3H,1H2,2H3;2*1H4/b25-16-,26-17+;;;. The average Bonchev–Trinajstić information content (AvgIpc) is 3.11. The van der Waals surface area contributed by atoms with Gasteiger partial charge in [0, 0.05) is 0 Å². The minimum atomic E-state index is 0. The van der Waals surface area contributed by atoms with E-state index in [9.17, 15) is 0 Å². The van der Waals surface area contributed by atoms with Gasteiger partial charge in [-0.25, -0.2) is 0 Å². The van der Waals surface area contributed by atoms with Crippen molar-refractivity contribution >= 4 is 0 Å². The Balaban J connectivity index is 0. The van der Waals surface area contributed by atoms with E-state index in [0.29, 0.717) is 10.8 Å². The van der Waals surface area contributed by atoms with Crippen LogP contribution in [-0.4, -0.2) is 0 Å². The van der Waals surface area contributed by atoms with Gasteiger partial charge in [-0.15, -0.1) is 6.58 Å². The van der Waals surface area contributed by atoms with E-state index in [-0.39, 0.29) is 14.9 Å². The van der Waals surface area contributed by atoms with Gasteiger partial charge in [0.2, 0.25) is 0 Å². The molecule has 206 valence electrons. The molecule has 0 aromatic heterocycles. The molecule has 0 aromatic carbocycles. The SMILES string of the molecule is C.C.C=C/C(=C/C=C1\CCCC2(C)C(CCCC(C)C(C)C)CCC12)CCC(C)(C)CC.C=CC. The molecular formula is C35H66. The predicted octanol–water partition coefficient (Wildman–Crippen LogP) is 12.4. The summed E-state index contributed by atoms with van der Waals surface area (Å²) in [4.78, 5) is 0. The number of hydrogen-bond acceptors (Lipinski definition) is 0. The minimum Gasteiger partial charge on any atom is -0.103 e. The summed E-state index contributed by atoms with van der Waals surface area (Å²) in [7, 11) is 0. The van der Waals surface area contributed by atoms with Crippen molar-refractivity contribution in [2.75, 3.05) is 0 Å². The first kappa shape index (κ1) is 36.1. The van der Waals surface area contributed by atoms with Crippen molar-refractivity contribution in [3.05, 3.63) is 48.6 Å². The normalized spacial score (nSPS) is 26.1. The summed E-state index contributed by atoms with van der Waals surface area (Å²) in [6.07, 6.45) is 23.8. The summed E-state index contributed by atoms with van der Waals surface area (Å²) in [5, 5.41) is 0. The van der Waals surface area contributed by atoms with Crippen LogP contribution in [0, 0.1) is 34.5 Å². The molecule has 0 spiro atoms. The molecule has 0 amide bonds. The largest absolute Gasteiger partial charge is 0.103 e. The second-order valence-corrected chi connectivity index (χ2v) is 12.5. The second kappa shape index (κ2) is 17.4. The number of fused-ring (bicyclic) bond motifs is 1. The molecule has 0 saturated heterocycles. The molecule has 0 aliphatic heterocycles. The van der Waals surface area contributed by atoms with Gasteiger partial charge in [-0.2, -0.15) is 0 Å². The second-order valence-electron chi connectivity index (χ2n) is 12.5. The maximum atomic E-state index is 4.11. The quantitative estimate of drug-likeness (QED) is 0.201. The molecular weight excluding hydrogens is 420 g/mol. The smallest absolute Gasteiger partial charge is 0.0143 e. The van der Waals surface area contributed by atoms with Crippen molar-refractivity contribution in [2.24, 2.45) is 34.5 Å². The molecule has 35 heavy (non-hydrogen) atoms. The van der Waals surface area contributed by atoms with E-state index in [4.69, 9.17) is 0 Å². The number of hydrogen-bond donors (Lipinski definition) is 0. The molecule has 0 nitrogen and oxygen atoms in total. The third-order valence-corrected chi connectivity index (χ3v) is 9.33. The van der Waals surface area contributed by atoms with Crippen molar-refractivity contribution in [2.45, 2.75) is 141 Å². The van der Waals surface area contributed by atoms with Gasteiger partial charge >= 0.3 is 0 Å². The van der Waals surface area contributed by atoms with Gasteiger partial charge in [0.25, 0.3) is 0 Å². The van der Waals surface area contributed by atoms with Gasteiger partial charge in [-0.3, -0.25) is 0 Å². The van der Waals surface area contributed by atoms with Gasteiger partial charge in [-0.1, -0.05) is 119 Å². The highest BCUT2D eigenvalue weighted by atomic mass is 14.5. The number of allylic oxidation sites excluding steroid dienone is 6. The Kier molecular flexibility index (Phi) is 18.0. The number of rotatable bonds is 11. The highest BCUT2D eigenvalue weighted by molar-refractivity contribution is 5.28. The predicted molar refractivity (Wildman–Crippen MR) is 165 cm³/mol. The van der Waals surface area contributed by atoms with Gasteiger partial charge in [0.05, 0.1) is 0 Å². The Bertz CT molecular complexity index is 643. The zero-order valence-corrected chi connectivity index (χ0v) is 23.8. The molecule has 0 bridgehead atoms. The third kappa shape index (κ3) is 11.3. The van der Waals surface area contributed by atoms with E-state index < -0.39 is 0 Å². The fraction of sp³-hybridized carbons (Fsp3) is 0.771. The van der Waals surface area contributed by atoms with Crippen molar-refractivity contribution < 1.29 is 0 Å². The molecule has 0 N–H and O–H groups in total. The molecule has 0 aromatic rings. The van der Waals surface area contributed by atoms with Crippen LogP contribution in [0.5, 0.6) is 0 Å². The first-order chi connectivity index (χ1) is 15.5. The van der Waals surface area contributed by atoms with Crippen LogP contribution in [0.15, 0.2) is 48.6 Å². The summed E-state index contributed by atoms with van der Waals surface area (Å²) < 4.78 is 0. The first-order valence-corrected chi connectivity index (χ1v) is 14.1. The van der Waals surface area contributed by atoms with Crippen molar-refractivity contribution in [1.29, 1.82) is 0 Å². The van der Waals surface area contributed by atoms with E-state index in [2.05, 4.69) is 79.9 Å². The fourth-order valence-electron chi connectivity index (χ4n) is 5.97. The van der Waals surface area contributed by atoms with Crippen LogP contribution in [0.3, 0.4) is 0 Å². The lowest BCUT2D eigenvalue weighted by Gasteiger charge is -2.42. The lowest BCUT2D eigenvalue weighted by atomic mass is 9.62. The fourth-order valence-corrected chi connectivity index (χ4v) is 5.97. The van der Waals surface area contributed by atoms with Crippen molar-refractivity contribution in [3.8, 4) is 0 Å². The van der Waals surface area contributed by atoms with Gasteiger partial charge < -0.3 is 0 Å². The summed E-state index contributed by atoms with van der Waals surface area (Å²) in [6.45, 7) is 26.3. The Morgan fingerprint density at radius 2 is 1.77 bits per heavy atom. The third-order valence-electron chi connectivity index (χ3n) is 9.33. The minimum absolute atomic E-state index is 0. The van der Waals surface area contributed by atoms with Crippen molar-refractivity contribution in [1.82, 2.24) is 0 Å². The lowest BCUT2D eigenvalue weighted by molar-refractivity contribution is 0.125. The Morgan fingerprint density at radius 1 is 1.14 bits per heavy atom. The van der Waals surface area contributed by atoms with Gasteiger partial charge in [0.15, 0.2) is 0 Å². The van der Waals surface area contributed by atoms with Crippen LogP contribution in [0.1, 0.15) is 141 Å². The van der Waals surface area contributed by atoms with Crippen molar-refractivity contribution in [3.63, 3.8) is 0 Å².